The van der Waals surface area contributed by atoms with Crippen LogP contribution in [0.25, 0.3) is 0 Å². The van der Waals surface area contributed by atoms with Gasteiger partial charge in [-0.05, 0) is 12.8 Å². The van der Waals surface area contributed by atoms with Crippen LogP contribution in [0, 0.1) is 0 Å². The van der Waals surface area contributed by atoms with Crippen LogP contribution in [-0.4, -0.2) is 17.5 Å². The molecule has 0 bridgehead atoms. The van der Waals surface area contributed by atoms with Gasteiger partial charge in [0, 0.05) is 6.92 Å². The molecule has 0 radical (unpaired) electrons. The van der Waals surface area contributed by atoms with Crippen LogP contribution in [0.5, 0.6) is 0 Å². The Kier molecular flexibility index (Phi) is 12.2. The Morgan fingerprint density at radius 3 is 2.16 bits per heavy atom. The maximum Gasteiger partial charge on any atom is 0.302 e. The topological polar surface area (TPSA) is 26.3 Å². The minimum Gasteiger partial charge on any atom is -0.461 e. The molecule has 0 aromatic carbocycles. The van der Waals surface area contributed by atoms with Gasteiger partial charge in [-0.3, -0.25) is 4.79 Å². The van der Waals surface area contributed by atoms with E-state index in [1.54, 1.807) is 6.08 Å². The molecule has 0 fully saturated rings. The molecule has 2 nitrogen and oxygen atoms in total. The SMILES string of the molecule is C=C[C@H](Cl)[C@H](CCCCCCCCCC)OC(C)=O. The van der Waals surface area contributed by atoms with Gasteiger partial charge in [-0.15, -0.1) is 18.2 Å². The Bertz CT molecular complexity index is 241. The van der Waals surface area contributed by atoms with E-state index < -0.39 is 0 Å². The molecular formula is C16H29ClO2. The van der Waals surface area contributed by atoms with Gasteiger partial charge >= 0.3 is 5.97 Å². The molecule has 0 rings (SSSR count). The second kappa shape index (κ2) is 12.5. The third-order valence-corrected chi connectivity index (χ3v) is 3.70. The van der Waals surface area contributed by atoms with Crippen molar-refractivity contribution in [3.63, 3.8) is 0 Å². The first-order valence-electron chi connectivity index (χ1n) is 7.55. The Balaban J connectivity index is 3.63. The monoisotopic (exact) mass is 288 g/mol. The number of rotatable bonds is 12. The molecule has 0 aliphatic carbocycles. The molecule has 0 aliphatic rings. The van der Waals surface area contributed by atoms with Crippen LogP contribution >= 0.6 is 11.6 Å². The van der Waals surface area contributed by atoms with Crippen LogP contribution in [0.4, 0.5) is 0 Å². The largest absolute Gasteiger partial charge is 0.461 e. The molecule has 2 atom stereocenters. The van der Waals surface area contributed by atoms with Crippen LogP contribution in [0.1, 0.15) is 71.6 Å². The Hall–Kier alpha value is -0.500. The molecular weight excluding hydrogens is 260 g/mol. The van der Waals surface area contributed by atoms with Crippen molar-refractivity contribution in [2.45, 2.75) is 83.1 Å². The molecule has 0 saturated heterocycles. The smallest absolute Gasteiger partial charge is 0.302 e. The van der Waals surface area contributed by atoms with Crippen molar-refractivity contribution >= 4 is 17.6 Å². The molecule has 0 spiro atoms. The molecule has 112 valence electrons. The Labute approximate surface area is 123 Å². The minimum atomic E-state index is -0.284. The van der Waals surface area contributed by atoms with Gasteiger partial charge in [-0.1, -0.05) is 57.9 Å². The molecule has 0 saturated carbocycles. The van der Waals surface area contributed by atoms with E-state index in [0.29, 0.717) is 0 Å². The van der Waals surface area contributed by atoms with Crippen molar-refractivity contribution in [3.05, 3.63) is 12.7 Å². The molecule has 0 heterocycles. The van der Waals surface area contributed by atoms with Crippen LogP contribution in [0.2, 0.25) is 0 Å². The summed E-state index contributed by atoms with van der Waals surface area (Å²) < 4.78 is 5.22. The van der Waals surface area contributed by atoms with Crippen molar-refractivity contribution in [2.75, 3.05) is 0 Å². The van der Waals surface area contributed by atoms with Gasteiger partial charge in [-0.25, -0.2) is 0 Å². The highest BCUT2D eigenvalue weighted by Crippen LogP contribution is 2.17. The molecule has 0 unspecified atom stereocenters. The summed E-state index contributed by atoms with van der Waals surface area (Å²) in [4.78, 5) is 11.0. The highest BCUT2D eigenvalue weighted by molar-refractivity contribution is 6.22. The van der Waals surface area contributed by atoms with Crippen LogP contribution in [-0.2, 0) is 9.53 Å². The number of halogens is 1. The second-order valence-electron chi connectivity index (χ2n) is 5.09. The molecule has 0 N–H and O–H groups in total. The number of unbranched alkanes of at least 4 members (excludes halogenated alkanes) is 7. The van der Waals surface area contributed by atoms with Gasteiger partial charge in [0.05, 0.1) is 5.38 Å². The molecule has 0 aliphatic heterocycles. The number of carbonyl (C=O) groups is 1. The van der Waals surface area contributed by atoms with Gasteiger partial charge in [0.15, 0.2) is 0 Å². The highest BCUT2D eigenvalue weighted by Gasteiger charge is 2.18. The van der Waals surface area contributed by atoms with Crippen molar-refractivity contribution < 1.29 is 9.53 Å². The fraction of sp³-hybridized carbons (Fsp3) is 0.812. The minimum absolute atomic E-state index is 0.225. The molecule has 0 aromatic rings. The van der Waals surface area contributed by atoms with E-state index in [4.69, 9.17) is 16.3 Å². The van der Waals surface area contributed by atoms with E-state index >= 15 is 0 Å². The predicted octanol–water partition coefficient (Wildman–Crippen LogP) is 5.24. The molecule has 3 heteroatoms. The number of hydrogen-bond acceptors (Lipinski definition) is 2. The fourth-order valence-corrected chi connectivity index (χ4v) is 2.30. The summed E-state index contributed by atoms with van der Waals surface area (Å²) in [7, 11) is 0. The fourth-order valence-electron chi connectivity index (χ4n) is 2.13. The molecule has 19 heavy (non-hydrogen) atoms. The second-order valence-corrected chi connectivity index (χ2v) is 5.60. The lowest BCUT2D eigenvalue weighted by Crippen LogP contribution is -2.25. The summed E-state index contributed by atoms with van der Waals surface area (Å²) in [5, 5.41) is -0.284. The summed E-state index contributed by atoms with van der Waals surface area (Å²) in [5.41, 5.74) is 0. The Morgan fingerprint density at radius 1 is 1.16 bits per heavy atom. The van der Waals surface area contributed by atoms with Gasteiger partial charge in [0.25, 0.3) is 0 Å². The first kappa shape index (κ1) is 18.5. The predicted molar refractivity (Wildman–Crippen MR) is 82.6 cm³/mol. The number of ether oxygens (including phenoxy) is 1. The molecule has 0 amide bonds. The summed E-state index contributed by atoms with van der Waals surface area (Å²) in [5.74, 6) is -0.267. The van der Waals surface area contributed by atoms with E-state index in [1.165, 1.54) is 51.9 Å². The lowest BCUT2D eigenvalue weighted by atomic mass is 10.0. The number of alkyl halides is 1. The van der Waals surface area contributed by atoms with E-state index in [2.05, 4.69) is 13.5 Å². The zero-order valence-electron chi connectivity index (χ0n) is 12.5. The third-order valence-electron chi connectivity index (χ3n) is 3.24. The average molecular weight is 289 g/mol. The van der Waals surface area contributed by atoms with Crippen molar-refractivity contribution in [3.8, 4) is 0 Å². The summed E-state index contributed by atoms with van der Waals surface area (Å²) >= 11 is 6.08. The van der Waals surface area contributed by atoms with Crippen LogP contribution in [0.3, 0.4) is 0 Å². The quantitative estimate of drug-likeness (QED) is 0.212. The van der Waals surface area contributed by atoms with Crippen molar-refractivity contribution in [2.24, 2.45) is 0 Å². The van der Waals surface area contributed by atoms with Crippen molar-refractivity contribution in [1.29, 1.82) is 0 Å². The van der Waals surface area contributed by atoms with Crippen molar-refractivity contribution in [1.82, 2.24) is 0 Å². The normalized spacial score (nSPS) is 13.8. The number of hydrogen-bond donors (Lipinski definition) is 0. The lowest BCUT2D eigenvalue weighted by molar-refractivity contribution is -0.146. The Morgan fingerprint density at radius 2 is 1.68 bits per heavy atom. The zero-order valence-corrected chi connectivity index (χ0v) is 13.3. The highest BCUT2D eigenvalue weighted by atomic mass is 35.5. The van der Waals surface area contributed by atoms with Gasteiger partial charge in [0.2, 0.25) is 0 Å². The van der Waals surface area contributed by atoms with E-state index in [9.17, 15) is 4.79 Å². The van der Waals surface area contributed by atoms with E-state index in [0.717, 1.165) is 12.8 Å². The lowest BCUT2D eigenvalue weighted by Gasteiger charge is -2.19. The third kappa shape index (κ3) is 11.1. The standard InChI is InChI=1S/C16H29ClO2/c1-4-6-7-8-9-10-11-12-13-16(15(17)5-2)19-14(3)18/h5,15-16H,2,4,6-13H2,1,3H3/t15-,16-/m0/s1. The van der Waals surface area contributed by atoms with E-state index in [1.807, 2.05) is 0 Å². The zero-order chi connectivity index (χ0) is 14.5. The van der Waals surface area contributed by atoms with E-state index in [-0.39, 0.29) is 17.5 Å². The average Bonchev–Trinajstić information content (AvgIpc) is 2.39. The first-order chi connectivity index (χ1) is 9.11. The number of esters is 1. The summed E-state index contributed by atoms with van der Waals surface area (Å²) in [6.07, 6.45) is 12.4. The first-order valence-corrected chi connectivity index (χ1v) is 7.99. The maximum atomic E-state index is 11.0. The van der Waals surface area contributed by atoms with Gasteiger partial charge in [-0.2, -0.15) is 0 Å². The summed E-state index contributed by atoms with van der Waals surface area (Å²) in [6.45, 7) is 7.31. The van der Waals surface area contributed by atoms with Crippen LogP contribution < -0.4 is 0 Å². The molecule has 0 aromatic heterocycles. The summed E-state index contributed by atoms with van der Waals surface area (Å²) in [6, 6.07) is 0. The number of carbonyl (C=O) groups excluding carboxylic acids is 1. The van der Waals surface area contributed by atoms with Gasteiger partial charge in [0.1, 0.15) is 6.10 Å². The van der Waals surface area contributed by atoms with Gasteiger partial charge < -0.3 is 4.74 Å². The maximum absolute atomic E-state index is 11.0. The van der Waals surface area contributed by atoms with Crippen LogP contribution in [0.15, 0.2) is 12.7 Å².